The van der Waals surface area contributed by atoms with Gasteiger partial charge in [0.05, 0.1) is 4.90 Å². The molecule has 1 atom stereocenters. The predicted octanol–water partition coefficient (Wildman–Crippen LogP) is 0.521. The third kappa shape index (κ3) is 3.30. The Morgan fingerprint density at radius 1 is 1.33 bits per heavy atom. The van der Waals surface area contributed by atoms with Crippen LogP contribution >= 0.6 is 0 Å². The molecule has 0 saturated carbocycles. The van der Waals surface area contributed by atoms with Gasteiger partial charge >= 0.3 is 5.97 Å². The normalized spacial score (nSPS) is 12.8. The molecule has 0 heterocycles. The van der Waals surface area contributed by atoms with Crippen molar-refractivity contribution in [1.29, 1.82) is 0 Å². The molecular formula is C11H13NO5S. The highest BCUT2D eigenvalue weighted by Gasteiger charge is 2.25. The van der Waals surface area contributed by atoms with Gasteiger partial charge in [-0.05, 0) is 31.5 Å². The molecule has 0 aromatic heterocycles. The molecule has 0 bridgehead atoms. The van der Waals surface area contributed by atoms with E-state index in [0.29, 0.717) is 0 Å². The Morgan fingerprint density at radius 2 is 1.94 bits per heavy atom. The van der Waals surface area contributed by atoms with Crippen LogP contribution in [-0.2, 0) is 19.6 Å². The van der Waals surface area contributed by atoms with E-state index >= 15 is 0 Å². The molecule has 1 aromatic carbocycles. The van der Waals surface area contributed by atoms with Crippen LogP contribution in [-0.4, -0.2) is 25.4 Å². The lowest BCUT2D eigenvalue weighted by Crippen LogP contribution is -2.37. The van der Waals surface area contributed by atoms with Gasteiger partial charge < -0.3 is 5.11 Å². The summed E-state index contributed by atoms with van der Waals surface area (Å²) < 4.78 is 25.3. The third-order valence-electron chi connectivity index (χ3n) is 2.30. The largest absolute Gasteiger partial charge is 0.481 e. The molecule has 18 heavy (non-hydrogen) atoms. The molecule has 0 aliphatic heterocycles. The third-order valence-corrected chi connectivity index (χ3v) is 3.64. The van der Waals surface area contributed by atoms with Crippen molar-refractivity contribution in [2.24, 2.45) is 5.92 Å². The summed E-state index contributed by atoms with van der Waals surface area (Å²) in [4.78, 5) is 21.9. The number of benzene rings is 1. The highest BCUT2D eigenvalue weighted by Crippen LogP contribution is 2.11. The lowest BCUT2D eigenvalue weighted by Gasteiger charge is -2.09. The molecule has 1 aromatic rings. The standard InChI is InChI=1S/C11H13NO5S/c1-7-4-3-5-9(6-7)18(16,17)12-10(13)8(2)11(14)15/h3-6,8H,1-2H3,(H,12,13)(H,14,15). The highest BCUT2D eigenvalue weighted by atomic mass is 32.2. The number of sulfonamides is 1. The summed E-state index contributed by atoms with van der Waals surface area (Å²) >= 11 is 0. The van der Waals surface area contributed by atoms with Gasteiger partial charge in [0.15, 0.2) is 0 Å². The molecule has 1 rings (SSSR count). The second-order valence-corrected chi connectivity index (χ2v) is 5.53. The van der Waals surface area contributed by atoms with E-state index < -0.39 is 27.8 Å². The monoisotopic (exact) mass is 271 g/mol. The summed E-state index contributed by atoms with van der Waals surface area (Å²) in [7, 11) is -4.02. The lowest BCUT2D eigenvalue weighted by molar-refractivity contribution is -0.145. The van der Waals surface area contributed by atoms with E-state index in [1.165, 1.54) is 18.2 Å². The van der Waals surface area contributed by atoms with Crippen LogP contribution < -0.4 is 4.72 Å². The van der Waals surface area contributed by atoms with Crippen LogP contribution in [0.5, 0.6) is 0 Å². The van der Waals surface area contributed by atoms with Crippen molar-refractivity contribution in [1.82, 2.24) is 4.72 Å². The number of amides is 1. The summed E-state index contributed by atoms with van der Waals surface area (Å²) in [5.74, 6) is -3.87. The molecule has 0 spiro atoms. The molecule has 6 nitrogen and oxygen atoms in total. The Labute approximate surface area is 105 Å². The Balaban J connectivity index is 2.96. The van der Waals surface area contributed by atoms with Crippen LogP contribution in [0.25, 0.3) is 0 Å². The van der Waals surface area contributed by atoms with Crippen LogP contribution in [0.4, 0.5) is 0 Å². The molecule has 0 aliphatic carbocycles. The first-order valence-corrected chi connectivity index (χ1v) is 6.58. The molecule has 7 heteroatoms. The number of aryl methyl sites for hydroxylation is 1. The van der Waals surface area contributed by atoms with Crippen LogP contribution in [0.1, 0.15) is 12.5 Å². The van der Waals surface area contributed by atoms with E-state index in [4.69, 9.17) is 5.11 Å². The van der Waals surface area contributed by atoms with E-state index in [-0.39, 0.29) is 4.90 Å². The van der Waals surface area contributed by atoms with E-state index in [9.17, 15) is 18.0 Å². The average Bonchev–Trinajstić information content (AvgIpc) is 2.27. The van der Waals surface area contributed by atoms with Crippen molar-refractivity contribution in [3.63, 3.8) is 0 Å². The molecule has 0 aliphatic rings. The van der Waals surface area contributed by atoms with E-state index in [1.807, 2.05) is 0 Å². The number of rotatable bonds is 4. The molecule has 2 N–H and O–H groups in total. The number of aliphatic carboxylic acids is 1. The zero-order chi connectivity index (χ0) is 13.9. The minimum Gasteiger partial charge on any atom is -0.481 e. The topological polar surface area (TPSA) is 101 Å². The fourth-order valence-corrected chi connectivity index (χ4v) is 2.33. The van der Waals surface area contributed by atoms with Crippen molar-refractivity contribution < 1.29 is 23.1 Å². The summed E-state index contributed by atoms with van der Waals surface area (Å²) in [5, 5.41) is 8.61. The van der Waals surface area contributed by atoms with E-state index in [1.54, 1.807) is 17.7 Å². The quantitative estimate of drug-likeness (QED) is 0.777. The Bertz CT molecular complexity index is 579. The van der Waals surface area contributed by atoms with Gasteiger partial charge in [-0.3, -0.25) is 9.59 Å². The van der Waals surface area contributed by atoms with Gasteiger partial charge in [-0.25, -0.2) is 13.1 Å². The van der Waals surface area contributed by atoms with Crippen molar-refractivity contribution >= 4 is 21.9 Å². The molecule has 0 fully saturated rings. The maximum Gasteiger partial charge on any atom is 0.315 e. The predicted molar refractivity (Wildman–Crippen MR) is 63.3 cm³/mol. The minimum absolute atomic E-state index is 0.0755. The second-order valence-electron chi connectivity index (χ2n) is 3.85. The molecule has 1 amide bonds. The fraction of sp³-hybridized carbons (Fsp3) is 0.273. The number of carboxylic acids is 1. The highest BCUT2D eigenvalue weighted by molar-refractivity contribution is 7.90. The molecule has 0 saturated heterocycles. The number of nitrogens with one attached hydrogen (secondary N) is 1. The molecule has 1 unspecified atom stereocenters. The van der Waals surface area contributed by atoms with E-state index in [2.05, 4.69) is 0 Å². The first-order valence-electron chi connectivity index (χ1n) is 5.10. The molecule has 98 valence electrons. The average molecular weight is 271 g/mol. The number of carbonyl (C=O) groups excluding carboxylic acids is 1. The van der Waals surface area contributed by atoms with Gasteiger partial charge in [0.2, 0.25) is 5.91 Å². The SMILES string of the molecule is Cc1cccc(S(=O)(=O)NC(=O)C(C)C(=O)O)c1. The number of hydrogen-bond acceptors (Lipinski definition) is 4. The number of hydrogen-bond donors (Lipinski definition) is 2. The second kappa shape index (κ2) is 5.18. The van der Waals surface area contributed by atoms with E-state index in [0.717, 1.165) is 12.5 Å². The zero-order valence-corrected chi connectivity index (χ0v) is 10.7. The zero-order valence-electron chi connectivity index (χ0n) is 9.88. The van der Waals surface area contributed by atoms with Gasteiger partial charge in [0.1, 0.15) is 5.92 Å². The van der Waals surface area contributed by atoms with Crippen molar-refractivity contribution in [2.75, 3.05) is 0 Å². The van der Waals surface area contributed by atoms with Gasteiger partial charge in [-0.1, -0.05) is 12.1 Å². The van der Waals surface area contributed by atoms with Crippen molar-refractivity contribution in [3.05, 3.63) is 29.8 Å². The van der Waals surface area contributed by atoms with Crippen molar-refractivity contribution in [3.8, 4) is 0 Å². The van der Waals surface area contributed by atoms with Crippen molar-refractivity contribution in [2.45, 2.75) is 18.7 Å². The smallest absolute Gasteiger partial charge is 0.315 e. The summed E-state index contributed by atoms with van der Waals surface area (Å²) in [6, 6.07) is 5.96. The minimum atomic E-state index is -4.02. The maximum atomic E-state index is 11.8. The molecular weight excluding hydrogens is 258 g/mol. The number of carbonyl (C=O) groups is 2. The fourth-order valence-electron chi connectivity index (χ4n) is 1.17. The Kier molecular flexibility index (Phi) is 4.07. The van der Waals surface area contributed by atoms with Gasteiger partial charge in [-0.15, -0.1) is 0 Å². The van der Waals surface area contributed by atoms with Crippen LogP contribution in [0, 0.1) is 12.8 Å². The number of carboxylic acid groups (broad SMARTS) is 1. The van der Waals surface area contributed by atoms with Crippen LogP contribution in [0.2, 0.25) is 0 Å². The van der Waals surface area contributed by atoms with Gasteiger partial charge in [-0.2, -0.15) is 0 Å². The van der Waals surface area contributed by atoms with Gasteiger partial charge in [0, 0.05) is 0 Å². The van der Waals surface area contributed by atoms with Gasteiger partial charge in [0.25, 0.3) is 10.0 Å². The first-order chi connectivity index (χ1) is 8.24. The Morgan fingerprint density at radius 3 is 2.44 bits per heavy atom. The van der Waals surface area contributed by atoms with Crippen LogP contribution in [0.15, 0.2) is 29.2 Å². The molecule has 0 radical (unpaired) electrons. The maximum absolute atomic E-state index is 11.8. The lowest BCUT2D eigenvalue weighted by atomic mass is 10.2. The van der Waals surface area contributed by atoms with Crippen LogP contribution in [0.3, 0.4) is 0 Å². The summed E-state index contributed by atoms with van der Waals surface area (Å²) in [5.41, 5.74) is 0.719. The summed E-state index contributed by atoms with van der Waals surface area (Å²) in [6.07, 6.45) is 0. The first kappa shape index (κ1) is 14.2. The summed E-state index contributed by atoms with van der Waals surface area (Å²) in [6.45, 7) is 2.82. The Hall–Kier alpha value is -1.89.